The molecule has 2 aromatic rings. The lowest BCUT2D eigenvalue weighted by Crippen LogP contribution is -2.42. The van der Waals surface area contributed by atoms with Crippen molar-refractivity contribution in [3.8, 4) is 0 Å². The van der Waals surface area contributed by atoms with Crippen molar-refractivity contribution < 1.29 is 0 Å². The number of rotatable bonds is 4. The van der Waals surface area contributed by atoms with Crippen molar-refractivity contribution in [1.29, 1.82) is 0 Å². The second kappa shape index (κ2) is 5.41. The molecule has 0 spiro atoms. The summed E-state index contributed by atoms with van der Waals surface area (Å²) in [6.45, 7) is 4.33. The summed E-state index contributed by atoms with van der Waals surface area (Å²) in [5.74, 6) is 0. The van der Waals surface area contributed by atoms with Crippen LogP contribution in [-0.4, -0.2) is 11.0 Å². The van der Waals surface area contributed by atoms with Gasteiger partial charge in [0.15, 0.2) is 0 Å². The highest BCUT2D eigenvalue weighted by molar-refractivity contribution is 5.45. The Balaban J connectivity index is 2.20. The number of hydrogen-bond acceptors (Lipinski definition) is 3. The molecule has 0 aliphatic carbocycles. The van der Waals surface area contributed by atoms with Crippen molar-refractivity contribution in [2.45, 2.75) is 31.7 Å². The number of nitrogen functional groups attached to an aromatic ring is 1. The Bertz CT molecular complexity index is 535. The van der Waals surface area contributed by atoms with E-state index in [1.54, 1.807) is 12.4 Å². The van der Waals surface area contributed by atoms with E-state index >= 15 is 0 Å². The SMILES string of the molecule is CC(C)(c1ccccc1)C(N)Cc1cnccc1N. The maximum absolute atomic E-state index is 6.40. The Morgan fingerprint density at radius 1 is 1.16 bits per heavy atom. The molecule has 0 fully saturated rings. The highest BCUT2D eigenvalue weighted by Gasteiger charge is 2.28. The van der Waals surface area contributed by atoms with Crippen molar-refractivity contribution in [3.05, 3.63) is 59.9 Å². The maximum Gasteiger partial charge on any atom is 0.0378 e. The van der Waals surface area contributed by atoms with Crippen molar-refractivity contribution in [2.24, 2.45) is 5.73 Å². The normalized spacial score (nSPS) is 13.2. The number of anilines is 1. The van der Waals surface area contributed by atoms with Crippen LogP contribution in [0.15, 0.2) is 48.8 Å². The van der Waals surface area contributed by atoms with Crippen molar-refractivity contribution in [2.75, 3.05) is 5.73 Å². The van der Waals surface area contributed by atoms with Gasteiger partial charge in [0.05, 0.1) is 0 Å². The Labute approximate surface area is 114 Å². The number of aromatic nitrogens is 1. The first kappa shape index (κ1) is 13.6. The van der Waals surface area contributed by atoms with Gasteiger partial charge in [-0.3, -0.25) is 4.98 Å². The summed E-state index contributed by atoms with van der Waals surface area (Å²) in [5.41, 5.74) is 15.3. The summed E-state index contributed by atoms with van der Waals surface area (Å²) in [6.07, 6.45) is 4.23. The van der Waals surface area contributed by atoms with Crippen molar-refractivity contribution in [1.82, 2.24) is 4.98 Å². The Morgan fingerprint density at radius 2 is 1.84 bits per heavy atom. The van der Waals surface area contributed by atoms with Gasteiger partial charge in [-0.1, -0.05) is 44.2 Å². The molecule has 1 aromatic carbocycles. The third kappa shape index (κ3) is 2.93. The summed E-state index contributed by atoms with van der Waals surface area (Å²) >= 11 is 0. The van der Waals surface area contributed by atoms with Crippen LogP contribution in [0, 0.1) is 0 Å². The molecule has 3 nitrogen and oxygen atoms in total. The largest absolute Gasteiger partial charge is 0.398 e. The second-order valence-corrected chi connectivity index (χ2v) is 5.47. The van der Waals surface area contributed by atoms with E-state index in [-0.39, 0.29) is 11.5 Å². The van der Waals surface area contributed by atoms with Crippen molar-refractivity contribution in [3.63, 3.8) is 0 Å². The van der Waals surface area contributed by atoms with Crippen LogP contribution in [0.2, 0.25) is 0 Å². The van der Waals surface area contributed by atoms with Gasteiger partial charge in [-0.2, -0.15) is 0 Å². The van der Waals surface area contributed by atoms with Gasteiger partial charge in [0.25, 0.3) is 0 Å². The topological polar surface area (TPSA) is 64.9 Å². The van der Waals surface area contributed by atoms with E-state index < -0.39 is 0 Å². The molecule has 0 saturated carbocycles. The minimum absolute atomic E-state index is 0.0126. The molecule has 1 atom stereocenters. The van der Waals surface area contributed by atoms with Gasteiger partial charge in [0.2, 0.25) is 0 Å². The predicted molar refractivity (Wildman–Crippen MR) is 79.8 cm³/mol. The van der Waals surface area contributed by atoms with E-state index in [0.29, 0.717) is 0 Å². The summed E-state index contributed by atoms with van der Waals surface area (Å²) in [4.78, 5) is 4.12. The van der Waals surface area contributed by atoms with E-state index in [9.17, 15) is 0 Å². The zero-order chi connectivity index (χ0) is 13.9. The molecule has 1 heterocycles. The molecule has 0 saturated heterocycles. The standard InChI is InChI=1S/C16H21N3/c1-16(2,13-6-4-3-5-7-13)15(18)10-12-11-19-9-8-14(12)17/h3-9,11,15H,10,18H2,1-2H3,(H2,17,19). The van der Waals surface area contributed by atoms with Crippen LogP contribution in [0.1, 0.15) is 25.0 Å². The van der Waals surface area contributed by atoms with Crippen LogP contribution in [0.5, 0.6) is 0 Å². The zero-order valence-corrected chi connectivity index (χ0v) is 11.5. The van der Waals surface area contributed by atoms with E-state index in [1.807, 2.05) is 24.3 Å². The van der Waals surface area contributed by atoms with E-state index in [2.05, 4.69) is 31.0 Å². The first-order valence-electron chi connectivity index (χ1n) is 6.51. The quantitative estimate of drug-likeness (QED) is 0.882. The fourth-order valence-corrected chi connectivity index (χ4v) is 2.18. The monoisotopic (exact) mass is 255 g/mol. The lowest BCUT2D eigenvalue weighted by atomic mass is 9.76. The van der Waals surface area contributed by atoms with Crippen LogP contribution in [0.3, 0.4) is 0 Å². The van der Waals surface area contributed by atoms with Crippen LogP contribution >= 0.6 is 0 Å². The lowest BCUT2D eigenvalue weighted by Gasteiger charge is -2.32. The van der Waals surface area contributed by atoms with Gasteiger partial charge in [0, 0.05) is 29.5 Å². The molecule has 0 amide bonds. The number of hydrogen-bond donors (Lipinski definition) is 2. The number of benzene rings is 1. The third-order valence-electron chi connectivity index (χ3n) is 3.83. The Morgan fingerprint density at radius 3 is 2.47 bits per heavy atom. The first-order chi connectivity index (χ1) is 9.01. The third-order valence-corrected chi connectivity index (χ3v) is 3.83. The molecular weight excluding hydrogens is 234 g/mol. The zero-order valence-electron chi connectivity index (χ0n) is 11.5. The molecule has 0 aliphatic rings. The van der Waals surface area contributed by atoms with Gasteiger partial charge in [-0.15, -0.1) is 0 Å². The Hall–Kier alpha value is -1.87. The number of nitrogens with two attached hydrogens (primary N) is 2. The minimum Gasteiger partial charge on any atom is -0.398 e. The van der Waals surface area contributed by atoms with E-state index in [0.717, 1.165) is 17.7 Å². The average Bonchev–Trinajstić information content (AvgIpc) is 2.42. The summed E-state index contributed by atoms with van der Waals surface area (Å²) in [6, 6.07) is 12.1. The molecule has 0 bridgehead atoms. The molecule has 0 radical (unpaired) electrons. The first-order valence-corrected chi connectivity index (χ1v) is 6.51. The second-order valence-electron chi connectivity index (χ2n) is 5.47. The molecule has 3 heteroatoms. The molecule has 100 valence electrons. The van der Waals surface area contributed by atoms with Crippen LogP contribution in [-0.2, 0) is 11.8 Å². The maximum atomic E-state index is 6.40. The summed E-state index contributed by atoms with van der Waals surface area (Å²) < 4.78 is 0. The molecule has 1 unspecified atom stereocenters. The number of nitrogens with zero attached hydrogens (tertiary/aromatic N) is 1. The molecular formula is C16H21N3. The Kier molecular flexibility index (Phi) is 3.86. The molecule has 1 aromatic heterocycles. The lowest BCUT2D eigenvalue weighted by molar-refractivity contribution is 0.406. The van der Waals surface area contributed by atoms with Crippen LogP contribution in [0.25, 0.3) is 0 Å². The fraction of sp³-hybridized carbons (Fsp3) is 0.312. The smallest absolute Gasteiger partial charge is 0.0378 e. The van der Waals surface area contributed by atoms with Gasteiger partial charge >= 0.3 is 0 Å². The van der Waals surface area contributed by atoms with Gasteiger partial charge < -0.3 is 11.5 Å². The molecule has 0 aliphatic heterocycles. The van der Waals surface area contributed by atoms with Gasteiger partial charge in [-0.25, -0.2) is 0 Å². The fourth-order valence-electron chi connectivity index (χ4n) is 2.18. The summed E-state index contributed by atoms with van der Waals surface area (Å²) in [7, 11) is 0. The van der Waals surface area contributed by atoms with Crippen LogP contribution < -0.4 is 11.5 Å². The summed E-state index contributed by atoms with van der Waals surface area (Å²) in [5, 5.41) is 0. The average molecular weight is 255 g/mol. The molecule has 19 heavy (non-hydrogen) atoms. The van der Waals surface area contributed by atoms with Gasteiger partial charge in [0.1, 0.15) is 0 Å². The van der Waals surface area contributed by atoms with Gasteiger partial charge in [-0.05, 0) is 23.6 Å². The highest BCUT2D eigenvalue weighted by atomic mass is 14.7. The van der Waals surface area contributed by atoms with E-state index in [4.69, 9.17) is 11.5 Å². The van der Waals surface area contributed by atoms with E-state index in [1.165, 1.54) is 5.56 Å². The van der Waals surface area contributed by atoms with Crippen molar-refractivity contribution >= 4 is 5.69 Å². The minimum atomic E-state index is -0.108. The highest BCUT2D eigenvalue weighted by Crippen LogP contribution is 2.28. The van der Waals surface area contributed by atoms with Crippen LogP contribution in [0.4, 0.5) is 5.69 Å². The number of pyridine rings is 1. The molecule has 4 N–H and O–H groups in total. The predicted octanol–water partition coefficient (Wildman–Crippen LogP) is 2.51. The molecule has 2 rings (SSSR count).